The van der Waals surface area contributed by atoms with Crippen LogP contribution in [0.15, 0.2) is 109 Å². The molecule has 0 radical (unpaired) electrons. The van der Waals surface area contributed by atoms with Crippen molar-refractivity contribution >= 4 is 21.7 Å². The van der Waals surface area contributed by atoms with Gasteiger partial charge in [0.15, 0.2) is 0 Å². The summed E-state index contributed by atoms with van der Waals surface area (Å²) >= 11 is 0. The minimum absolute atomic E-state index is 0.891. The molecule has 0 unspecified atom stereocenters. The lowest BCUT2D eigenvalue weighted by molar-refractivity contribution is 1.10. The van der Waals surface area contributed by atoms with Crippen LogP contribution in [0.1, 0.15) is 11.3 Å². The first-order valence-electron chi connectivity index (χ1n) is 9.06. The van der Waals surface area contributed by atoms with E-state index in [4.69, 9.17) is 0 Å². The van der Waals surface area contributed by atoms with E-state index >= 15 is 0 Å². The van der Waals surface area contributed by atoms with Crippen LogP contribution in [0.2, 0.25) is 0 Å². The van der Waals surface area contributed by atoms with E-state index in [2.05, 4.69) is 76.7 Å². The molecule has 0 fully saturated rings. The van der Waals surface area contributed by atoms with E-state index in [1.54, 1.807) is 0 Å². The van der Waals surface area contributed by atoms with E-state index in [0.29, 0.717) is 0 Å². The first-order chi connectivity index (χ1) is 13.4. The van der Waals surface area contributed by atoms with Crippen molar-refractivity contribution in [2.75, 3.05) is 0 Å². The fraction of sp³-hybridized carbons (Fsp3) is 0.0400. The highest BCUT2D eigenvalue weighted by Gasteiger charge is 2.02. The average molecular weight is 348 g/mol. The Morgan fingerprint density at radius 3 is 2.07 bits per heavy atom. The van der Waals surface area contributed by atoms with Crippen LogP contribution in [0, 0.1) is 0 Å². The van der Waals surface area contributed by atoms with Crippen molar-refractivity contribution in [2.45, 2.75) is 6.42 Å². The summed E-state index contributed by atoms with van der Waals surface area (Å²) in [4.78, 5) is 8.68. The first-order valence-corrected chi connectivity index (χ1v) is 9.06. The van der Waals surface area contributed by atoms with Gasteiger partial charge in [-0.05, 0) is 29.1 Å². The van der Waals surface area contributed by atoms with Crippen molar-refractivity contribution in [3.8, 4) is 0 Å². The molecule has 5 rings (SSSR count). The minimum Gasteiger partial charge on any atom is -0.260 e. The Kier molecular flexibility index (Phi) is 5.16. The summed E-state index contributed by atoms with van der Waals surface area (Å²) in [5, 5.41) is 3.71. The number of para-hydroxylation sites is 1. The second-order valence-electron chi connectivity index (χ2n) is 6.34. The number of fused-ring (bicyclic) bond motifs is 2. The zero-order valence-electron chi connectivity index (χ0n) is 15.0. The number of hydrogen-bond donors (Lipinski definition) is 0. The summed E-state index contributed by atoms with van der Waals surface area (Å²) in [5.74, 6) is 0. The topological polar surface area (TPSA) is 25.8 Å². The number of rotatable bonds is 2. The van der Waals surface area contributed by atoms with E-state index in [1.807, 2.05) is 42.7 Å². The molecule has 2 aromatic heterocycles. The Morgan fingerprint density at radius 1 is 0.519 bits per heavy atom. The van der Waals surface area contributed by atoms with E-state index in [-0.39, 0.29) is 0 Å². The van der Waals surface area contributed by atoms with Gasteiger partial charge in [0.2, 0.25) is 0 Å². The van der Waals surface area contributed by atoms with Gasteiger partial charge in [0.05, 0.1) is 11.2 Å². The Morgan fingerprint density at radius 2 is 1.22 bits per heavy atom. The fourth-order valence-corrected chi connectivity index (χ4v) is 3.13. The highest BCUT2D eigenvalue weighted by Crippen LogP contribution is 2.18. The standard InChI is InChI=1S/C16H13N.C9H7N/c1-2-6-13(7-3-1)12-16-15-9-5-4-8-14(15)10-11-17-16;1-2-6-9-8(4-1)5-3-7-10-9/h1-11H,12H2;1-7H. The molecule has 0 bridgehead atoms. The molecule has 0 amide bonds. The van der Waals surface area contributed by atoms with Gasteiger partial charge in [-0.25, -0.2) is 0 Å². The lowest BCUT2D eigenvalue weighted by Gasteiger charge is -2.05. The Balaban J connectivity index is 0.000000153. The second-order valence-corrected chi connectivity index (χ2v) is 6.34. The van der Waals surface area contributed by atoms with Crippen LogP contribution < -0.4 is 0 Å². The monoisotopic (exact) mass is 348 g/mol. The van der Waals surface area contributed by atoms with Gasteiger partial charge < -0.3 is 0 Å². The molecule has 0 spiro atoms. The van der Waals surface area contributed by atoms with Gasteiger partial charge in [0, 0.05) is 29.6 Å². The fourth-order valence-electron chi connectivity index (χ4n) is 3.13. The molecule has 130 valence electrons. The van der Waals surface area contributed by atoms with Crippen molar-refractivity contribution in [1.82, 2.24) is 9.97 Å². The van der Waals surface area contributed by atoms with Gasteiger partial charge in [-0.3, -0.25) is 9.97 Å². The minimum atomic E-state index is 0.891. The zero-order chi connectivity index (χ0) is 18.3. The molecular weight excluding hydrogens is 328 g/mol. The summed E-state index contributed by atoms with van der Waals surface area (Å²) < 4.78 is 0. The van der Waals surface area contributed by atoms with Crippen LogP contribution in [-0.4, -0.2) is 9.97 Å². The van der Waals surface area contributed by atoms with Crippen molar-refractivity contribution in [3.05, 3.63) is 121 Å². The summed E-state index contributed by atoms with van der Waals surface area (Å²) in [6.07, 6.45) is 4.59. The van der Waals surface area contributed by atoms with Crippen molar-refractivity contribution in [2.24, 2.45) is 0 Å². The average Bonchev–Trinajstić information content (AvgIpc) is 2.75. The molecule has 0 aliphatic carbocycles. The molecule has 2 heterocycles. The third-order valence-electron chi connectivity index (χ3n) is 4.48. The maximum atomic E-state index is 4.50. The lowest BCUT2D eigenvalue weighted by Crippen LogP contribution is -1.93. The maximum absolute atomic E-state index is 4.50. The molecule has 5 aromatic rings. The smallest absolute Gasteiger partial charge is 0.0701 e. The number of benzene rings is 3. The van der Waals surface area contributed by atoms with Gasteiger partial charge in [-0.2, -0.15) is 0 Å². The van der Waals surface area contributed by atoms with Crippen LogP contribution in [-0.2, 0) is 6.42 Å². The van der Waals surface area contributed by atoms with Crippen LogP contribution in [0.4, 0.5) is 0 Å². The zero-order valence-corrected chi connectivity index (χ0v) is 15.0. The van der Waals surface area contributed by atoms with Gasteiger partial charge in [0.25, 0.3) is 0 Å². The van der Waals surface area contributed by atoms with E-state index in [0.717, 1.165) is 17.6 Å². The molecule has 0 saturated heterocycles. The molecule has 3 aromatic carbocycles. The van der Waals surface area contributed by atoms with Crippen molar-refractivity contribution in [1.29, 1.82) is 0 Å². The Labute approximate surface area is 159 Å². The van der Waals surface area contributed by atoms with E-state index < -0.39 is 0 Å². The highest BCUT2D eigenvalue weighted by molar-refractivity contribution is 5.84. The molecular formula is C25H20N2. The number of nitrogens with zero attached hydrogens (tertiary/aromatic N) is 2. The number of pyridine rings is 2. The predicted octanol–water partition coefficient (Wildman–Crippen LogP) is 6.06. The second kappa shape index (κ2) is 8.24. The molecule has 0 aliphatic rings. The van der Waals surface area contributed by atoms with E-state index in [9.17, 15) is 0 Å². The molecule has 0 atom stereocenters. The van der Waals surface area contributed by atoms with Gasteiger partial charge >= 0.3 is 0 Å². The quantitative estimate of drug-likeness (QED) is 0.387. The SMILES string of the molecule is c1ccc(Cc2nccc3ccccc23)cc1.c1ccc2ncccc2c1. The number of aromatic nitrogens is 2. The highest BCUT2D eigenvalue weighted by atomic mass is 14.7. The molecule has 0 aliphatic heterocycles. The lowest BCUT2D eigenvalue weighted by atomic mass is 10.0. The van der Waals surface area contributed by atoms with Crippen molar-refractivity contribution in [3.63, 3.8) is 0 Å². The van der Waals surface area contributed by atoms with Gasteiger partial charge in [0.1, 0.15) is 0 Å². The van der Waals surface area contributed by atoms with Crippen LogP contribution in [0.25, 0.3) is 21.7 Å². The van der Waals surface area contributed by atoms with Gasteiger partial charge in [-0.1, -0.05) is 78.9 Å². The maximum Gasteiger partial charge on any atom is 0.0701 e. The summed E-state index contributed by atoms with van der Waals surface area (Å²) in [6.45, 7) is 0. The van der Waals surface area contributed by atoms with E-state index in [1.165, 1.54) is 21.7 Å². The summed E-state index contributed by atoms with van der Waals surface area (Å²) in [5.41, 5.74) is 3.51. The van der Waals surface area contributed by atoms with Crippen LogP contribution in [0.3, 0.4) is 0 Å². The Bertz CT molecular complexity index is 1080. The third-order valence-corrected chi connectivity index (χ3v) is 4.48. The Hall–Kier alpha value is -3.52. The number of hydrogen-bond acceptors (Lipinski definition) is 2. The molecule has 27 heavy (non-hydrogen) atoms. The summed E-state index contributed by atoms with van der Waals surface area (Å²) in [7, 11) is 0. The molecule has 0 saturated carbocycles. The third kappa shape index (κ3) is 4.18. The summed E-state index contributed by atoms with van der Waals surface area (Å²) in [6, 6.07) is 33.0. The van der Waals surface area contributed by atoms with Crippen LogP contribution >= 0.6 is 0 Å². The molecule has 2 nitrogen and oxygen atoms in total. The molecule has 0 N–H and O–H groups in total. The van der Waals surface area contributed by atoms with Gasteiger partial charge in [-0.15, -0.1) is 0 Å². The van der Waals surface area contributed by atoms with Crippen LogP contribution in [0.5, 0.6) is 0 Å². The normalized spacial score (nSPS) is 10.4. The largest absolute Gasteiger partial charge is 0.260 e. The predicted molar refractivity (Wildman–Crippen MR) is 113 cm³/mol. The first kappa shape index (κ1) is 16.9. The molecule has 2 heteroatoms. The van der Waals surface area contributed by atoms with Crippen molar-refractivity contribution < 1.29 is 0 Å².